The first kappa shape index (κ1) is 16.7. The number of halogens is 3. The molecule has 0 aliphatic carbocycles. The van der Waals surface area contributed by atoms with Crippen molar-refractivity contribution in [3.05, 3.63) is 0 Å². The van der Waals surface area contributed by atoms with Crippen LogP contribution >= 0.6 is 0 Å². The molecule has 0 saturated heterocycles. The molecule has 0 radical (unpaired) electrons. The van der Waals surface area contributed by atoms with Crippen LogP contribution in [0.15, 0.2) is 0 Å². The average molecular weight is 265 g/mol. The van der Waals surface area contributed by atoms with Gasteiger partial charge in [-0.2, -0.15) is 18.4 Å². The molecule has 0 aromatic carbocycles. The Morgan fingerprint density at radius 3 is 2.33 bits per heavy atom. The molecule has 1 amide bonds. The molecular formula is C11H18F3N3O. The van der Waals surface area contributed by atoms with E-state index in [9.17, 15) is 18.0 Å². The van der Waals surface area contributed by atoms with Crippen molar-refractivity contribution in [3.8, 4) is 6.07 Å². The van der Waals surface area contributed by atoms with Gasteiger partial charge in [0.05, 0.1) is 18.9 Å². The first-order valence-electron chi connectivity index (χ1n) is 5.62. The van der Waals surface area contributed by atoms with Crippen molar-refractivity contribution in [2.24, 2.45) is 0 Å². The number of hydrogen-bond acceptors (Lipinski definition) is 3. The molecule has 0 unspecified atom stereocenters. The van der Waals surface area contributed by atoms with Crippen LogP contribution in [0, 0.1) is 11.3 Å². The first-order chi connectivity index (χ1) is 8.26. The summed E-state index contributed by atoms with van der Waals surface area (Å²) in [5.74, 6) is -0.163. The Kier molecular flexibility index (Phi) is 7.36. The molecule has 0 fully saturated rings. The fourth-order valence-electron chi connectivity index (χ4n) is 1.25. The molecule has 0 saturated carbocycles. The minimum atomic E-state index is -4.16. The summed E-state index contributed by atoms with van der Waals surface area (Å²) >= 11 is 0. The number of amides is 1. The second-order valence-corrected chi connectivity index (χ2v) is 4.14. The van der Waals surface area contributed by atoms with Gasteiger partial charge < -0.3 is 9.80 Å². The minimum absolute atomic E-state index is 0.112. The zero-order valence-electron chi connectivity index (χ0n) is 10.6. The third-order valence-corrected chi connectivity index (χ3v) is 2.47. The molecule has 4 nitrogen and oxygen atoms in total. The molecule has 18 heavy (non-hydrogen) atoms. The average Bonchev–Trinajstić information content (AvgIpc) is 2.29. The monoisotopic (exact) mass is 265 g/mol. The molecule has 0 atom stereocenters. The summed E-state index contributed by atoms with van der Waals surface area (Å²) in [6, 6.07) is 1.93. The highest BCUT2D eigenvalue weighted by Gasteiger charge is 2.27. The number of rotatable bonds is 7. The normalized spacial score (nSPS) is 11.4. The van der Waals surface area contributed by atoms with E-state index in [-0.39, 0.29) is 31.8 Å². The quantitative estimate of drug-likeness (QED) is 0.703. The summed E-state index contributed by atoms with van der Waals surface area (Å²) in [6.07, 6.45) is -4.62. The fourth-order valence-corrected chi connectivity index (χ4v) is 1.25. The Labute approximate surface area is 105 Å². The van der Waals surface area contributed by atoms with Crippen LogP contribution in [0.1, 0.15) is 19.3 Å². The van der Waals surface area contributed by atoms with Crippen LogP contribution in [0.5, 0.6) is 0 Å². The maximum atomic E-state index is 11.9. The van der Waals surface area contributed by atoms with Gasteiger partial charge in [0.15, 0.2) is 0 Å². The predicted molar refractivity (Wildman–Crippen MR) is 60.7 cm³/mol. The molecule has 0 aliphatic rings. The summed E-state index contributed by atoms with van der Waals surface area (Å²) in [5.41, 5.74) is 0. The predicted octanol–water partition coefficient (Wildman–Crippen LogP) is 1.63. The molecule has 0 bridgehead atoms. The van der Waals surface area contributed by atoms with Gasteiger partial charge in [0.2, 0.25) is 5.91 Å². The van der Waals surface area contributed by atoms with Gasteiger partial charge >= 0.3 is 6.18 Å². The zero-order chi connectivity index (χ0) is 14.2. The van der Waals surface area contributed by atoms with Gasteiger partial charge in [0.25, 0.3) is 0 Å². The van der Waals surface area contributed by atoms with Crippen LogP contribution in [0.25, 0.3) is 0 Å². The Bertz CT molecular complexity index is 299. The summed E-state index contributed by atoms with van der Waals surface area (Å²) in [6.45, 7) is 0.520. The van der Waals surface area contributed by atoms with Crippen molar-refractivity contribution in [2.75, 3.05) is 33.7 Å². The van der Waals surface area contributed by atoms with Crippen molar-refractivity contribution in [3.63, 3.8) is 0 Å². The van der Waals surface area contributed by atoms with Gasteiger partial charge in [-0.05, 0) is 7.05 Å². The minimum Gasteiger partial charge on any atom is -0.345 e. The lowest BCUT2D eigenvalue weighted by atomic mass is 10.3. The van der Waals surface area contributed by atoms with E-state index in [2.05, 4.69) is 0 Å². The Morgan fingerprint density at radius 1 is 1.22 bits per heavy atom. The molecule has 7 heteroatoms. The van der Waals surface area contributed by atoms with E-state index < -0.39 is 12.6 Å². The number of hydrogen-bond donors (Lipinski definition) is 0. The molecule has 0 rings (SSSR count). The van der Waals surface area contributed by atoms with E-state index in [4.69, 9.17) is 5.26 Å². The van der Waals surface area contributed by atoms with Crippen molar-refractivity contribution >= 4 is 5.91 Å². The van der Waals surface area contributed by atoms with Crippen molar-refractivity contribution in [1.29, 1.82) is 5.26 Å². The third kappa shape index (κ3) is 8.82. The van der Waals surface area contributed by atoms with E-state index in [0.29, 0.717) is 6.54 Å². The molecule has 104 valence electrons. The van der Waals surface area contributed by atoms with Crippen LogP contribution < -0.4 is 0 Å². The third-order valence-electron chi connectivity index (χ3n) is 2.47. The molecular weight excluding hydrogens is 247 g/mol. The van der Waals surface area contributed by atoms with E-state index >= 15 is 0 Å². The number of nitriles is 1. The molecule has 0 aromatic heterocycles. The van der Waals surface area contributed by atoms with Gasteiger partial charge in [-0.3, -0.25) is 4.79 Å². The smallest absolute Gasteiger partial charge is 0.345 e. The maximum Gasteiger partial charge on any atom is 0.390 e. The lowest BCUT2D eigenvalue weighted by Gasteiger charge is -2.20. The highest BCUT2D eigenvalue weighted by atomic mass is 19.4. The molecule has 0 spiro atoms. The molecule has 0 aliphatic heterocycles. The highest BCUT2D eigenvalue weighted by Crippen LogP contribution is 2.19. The largest absolute Gasteiger partial charge is 0.390 e. The first-order valence-corrected chi connectivity index (χ1v) is 5.62. The van der Waals surface area contributed by atoms with Crippen LogP contribution in [0.4, 0.5) is 13.2 Å². The highest BCUT2D eigenvalue weighted by molar-refractivity contribution is 5.76. The van der Waals surface area contributed by atoms with E-state index in [0.717, 1.165) is 0 Å². The van der Waals surface area contributed by atoms with E-state index in [1.54, 1.807) is 14.1 Å². The van der Waals surface area contributed by atoms with Gasteiger partial charge in [-0.15, -0.1) is 0 Å². The second-order valence-electron chi connectivity index (χ2n) is 4.14. The zero-order valence-corrected chi connectivity index (χ0v) is 10.6. The number of carbonyl (C=O) groups is 1. The van der Waals surface area contributed by atoms with Gasteiger partial charge in [0, 0.05) is 33.1 Å². The number of carbonyl (C=O) groups excluding carboxylic acids is 1. The van der Waals surface area contributed by atoms with Gasteiger partial charge in [-0.25, -0.2) is 0 Å². The summed E-state index contributed by atoms with van der Waals surface area (Å²) < 4.78 is 35.8. The molecule has 0 N–H and O–H groups in total. The maximum absolute atomic E-state index is 11.9. The lowest BCUT2D eigenvalue weighted by molar-refractivity contribution is -0.137. The molecule has 0 aromatic rings. The van der Waals surface area contributed by atoms with E-state index in [1.807, 2.05) is 6.07 Å². The SMILES string of the molecule is CN(CCC(=O)N(C)CCC#N)CCC(F)(F)F. The number of alkyl halides is 3. The summed E-state index contributed by atoms with van der Waals surface area (Å²) in [5, 5.41) is 8.36. The molecule has 0 heterocycles. The van der Waals surface area contributed by atoms with Crippen LogP contribution in [0.3, 0.4) is 0 Å². The standard InChI is InChI=1S/C11H18F3N3O/c1-16(9-5-11(12,13)14)8-4-10(18)17(2)7-3-6-15/h3-5,7-9H2,1-2H3. The van der Waals surface area contributed by atoms with Crippen molar-refractivity contribution < 1.29 is 18.0 Å². The van der Waals surface area contributed by atoms with Crippen LogP contribution in [0.2, 0.25) is 0 Å². The topological polar surface area (TPSA) is 47.3 Å². The van der Waals surface area contributed by atoms with E-state index in [1.165, 1.54) is 9.80 Å². The van der Waals surface area contributed by atoms with Crippen molar-refractivity contribution in [2.45, 2.75) is 25.4 Å². The fraction of sp³-hybridized carbons (Fsp3) is 0.818. The van der Waals surface area contributed by atoms with Gasteiger partial charge in [-0.1, -0.05) is 0 Å². The Hall–Kier alpha value is -1.29. The summed E-state index contributed by atoms with van der Waals surface area (Å²) in [7, 11) is 3.13. The second kappa shape index (κ2) is 7.93. The van der Waals surface area contributed by atoms with Crippen LogP contribution in [-0.2, 0) is 4.79 Å². The van der Waals surface area contributed by atoms with Crippen molar-refractivity contribution in [1.82, 2.24) is 9.80 Å². The van der Waals surface area contributed by atoms with Gasteiger partial charge in [0.1, 0.15) is 0 Å². The Morgan fingerprint density at radius 2 is 1.83 bits per heavy atom. The number of nitrogens with zero attached hydrogens (tertiary/aromatic N) is 3. The Balaban J connectivity index is 3.81. The van der Waals surface area contributed by atoms with Crippen LogP contribution in [-0.4, -0.2) is 55.6 Å². The summed E-state index contributed by atoms with van der Waals surface area (Å²) in [4.78, 5) is 14.4. The lowest BCUT2D eigenvalue weighted by Crippen LogP contribution is -2.32.